The zero-order valence-electron chi connectivity index (χ0n) is 10.0. The molecule has 0 bridgehead atoms. The van der Waals surface area contributed by atoms with E-state index in [1.54, 1.807) is 6.20 Å². The second kappa shape index (κ2) is 6.58. The topological polar surface area (TPSA) is 62.4 Å². The lowest BCUT2D eigenvalue weighted by Gasteiger charge is -2.33. The van der Waals surface area contributed by atoms with Gasteiger partial charge < -0.3 is 10.8 Å². The summed E-state index contributed by atoms with van der Waals surface area (Å²) in [6.07, 6.45) is 3.59. The highest BCUT2D eigenvalue weighted by atomic mass is 16.3. The van der Waals surface area contributed by atoms with Crippen LogP contribution in [0.2, 0.25) is 0 Å². The van der Waals surface area contributed by atoms with Gasteiger partial charge in [0.2, 0.25) is 0 Å². The van der Waals surface area contributed by atoms with Gasteiger partial charge in [-0.25, -0.2) is 0 Å². The first kappa shape index (κ1) is 13.1. The maximum Gasteiger partial charge on any atom is 0.0558 e. The Kier molecular flexibility index (Phi) is 5.38. The van der Waals surface area contributed by atoms with E-state index < -0.39 is 0 Å². The Labute approximate surface area is 97.1 Å². The summed E-state index contributed by atoms with van der Waals surface area (Å²) in [5.74, 6) is 0. The summed E-state index contributed by atoms with van der Waals surface area (Å²) in [4.78, 5) is 6.30. The molecule has 0 spiro atoms. The zero-order valence-corrected chi connectivity index (χ0v) is 10.0. The minimum Gasteiger partial charge on any atom is -0.395 e. The van der Waals surface area contributed by atoms with Crippen LogP contribution in [0, 0.1) is 0 Å². The molecule has 3 N–H and O–H groups in total. The van der Waals surface area contributed by atoms with E-state index >= 15 is 0 Å². The first-order valence-electron chi connectivity index (χ1n) is 5.67. The van der Waals surface area contributed by atoms with Crippen LogP contribution >= 0.6 is 0 Å². The Balaban J connectivity index is 2.86. The van der Waals surface area contributed by atoms with Crippen molar-refractivity contribution in [2.45, 2.75) is 25.9 Å². The van der Waals surface area contributed by atoms with E-state index in [0.717, 1.165) is 5.56 Å². The molecule has 1 aromatic heterocycles. The summed E-state index contributed by atoms with van der Waals surface area (Å²) in [6, 6.07) is 4.41. The highest BCUT2D eigenvalue weighted by molar-refractivity contribution is 5.14. The molecule has 0 saturated carbocycles. The van der Waals surface area contributed by atoms with E-state index in [1.165, 1.54) is 0 Å². The summed E-state index contributed by atoms with van der Waals surface area (Å²) in [7, 11) is 0. The molecule has 0 amide bonds. The fourth-order valence-electron chi connectivity index (χ4n) is 1.93. The van der Waals surface area contributed by atoms with Gasteiger partial charge >= 0.3 is 0 Å². The lowest BCUT2D eigenvalue weighted by atomic mass is 10.1. The van der Waals surface area contributed by atoms with Crippen molar-refractivity contribution in [1.82, 2.24) is 9.88 Å². The third-order valence-electron chi connectivity index (χ3n) is 2.71. The standard InChI is InChI=1S/C12H21N3O/c1-10(2)15(6-7-16)12(8-13)11-4-3-5-14-9-11/h3-5,9-10,12,16H,6-8,13H2,1-2H3. The summed E-state index contributed by atoms with van der Waals surface area (Å²) < 4.78 is 0. The van der Waals surface area contributed by atoms with Gasteiger partial charge in [0.1, 0.15) is 0 Å². The molecule has 1 unspecified atom stereocenters. The van der Waals surface area contributed by atoms with Gasteiger partial charge in [-0.3, -0.25) is 9.88 Å². The average Bonchev–Trinajstić information content (AvgIpc) is 2.30. The maximum absolute atomic E-state index is 9.08. The van der Waals surface area contributed by atoms with Gasteiger partial charge in [-0.1, -0.05) is 6.07 Å². The number of aliphatic hydroxyl groups is 1. The maximum atomic E-state index is 9.08. The van der Waals surface area contributed by atoms with E-state index in [2.05, 4.69) is 23.7 Å². The Morgan fingerprint density at radius 2 is 2.25 bits per heavy atom. The molecule has 1 rings (SSSR count). The molecule has 90 valence electrons. The van der Waals surface area contributed by atoms with Gasteiger partial charge in [0.15, 0.2) is 0 Å². The van der Waals surface area contributed by atoms with Crippen molar-refractivity contribution in [3.63, 3.8) is 0 Å². The number of nitrogens with zero attached hydrogens (tertiary/aromatic N) is 2. The van der Waals surface area contributed by atoms with Crippen molar-refractivity contribution in [2.24, 2.45) is 5.73 Å². The SMILES string of the molecule is CC(C)N(CCO)C(CN)c1cccnc1. The Morgan fingerprint density at radius 3 is 2.69 bits per heavy atom. The summed E-state index contributed by atoms with van der Waals surface area (Å²) in [6.45, 7) is 5.52. The minimum absolute atomic E-state index is 0.126. The van der Waals surface area contributed by atoms with E-state index in [1.807, 2.05) is 18.3 Å². The lowest BCUT2D eigenvalue weighted by Crippen LogP contribution is -2.40. The third kappa shape index (κ3) is 3.27. The molecule has 1 aromatic rings. The monoisotopic (exact) mass is 223 g/mol. The van der Waals surface area contributed by atoms with Crippen LogP contribution in [0.15, 0.2) is 24.5 Å². The first-order chi connectivity index (χ1) is 7.70. The van der Waals surface area contributed by atoms with Crippen LogP contribution in [0.5, 0.6) is 0 Å². The number of pyridine rings is 1. The number of hydrogen-bond acceptors (Lipinski definition) is 4. The van der Waals surface area contributed by atoms with E-state index in [4.69, 9.17) is 10.8 Å². The largest absolute Gasteiger partial charge is 0.395 e. The molecule has 16 heavy (non-hydrogen) atoms. The molecular weight excluding hydrogens is 202 g/mol. The smallest absolute Gasteiger partial charge is 0.0558 e. The van der Waals surface area contributed by atoms with Gasteiger partial charge in [-0.05, 0) is 25.5 Å². The predicted molar refractivity (Wildman–Crippen MR) is 65.0 cm³/mol. The third-order valence-corrected chi connectivity index (χ3v) is 2.71. The molecule has 1 atom stereocenters. The fraction of sp³-hybridized carbons (Fsp3) is 0.583. The number of nitrogens with two attached hydrogens (primary N) is 1. The number of hydrogen-bond donors (Lipinski definition) is 2. The normalized spacial score (nSPS) is 13.4. The Hall–Kier alpha value is -0.970. The number of rotatable bonds is 6. The number of aliphatic hydroxyl groups excluding tert-OH is 1. The molecule has 0 radical (unpaired) electrons. The van der Waals surface area contributed by atoms with Gasteiger partial charge in [0.25, 0.3) is 0 Å². The summed E-state index contributed by atoms with van der Waals surface area (Å²) in [5, 5.41) is 9.08. The average molecular weight is 223 g/mol. The van der Waals surface area contributed by atoms with E-state index in [-0.39, 0.29) is 12.6 Å². The van der Waals surface area contributed by atoms with Gasteiger partial charge in [0, 0.05) is 37.6 Å². The van der Waals surface area contributed by atoms with Crippen molar-refractivity contribution in [1.29, 1.82) is 0 Å². The predicted octanol–water partition coefficient (Wildman–Crippen LogP) is 0.784. The lowest BCUT2D eigenvalue weighted by molar-refractivity contribution is 0.121. The van der Waals surface area contributed by atoms with Crippen LogP contribution < -0.4 is 5.73 Å². The Morgan fingerprint density at radius 1 is 1.50 bits per heavy atom. The van der Waals surface area contributed by atoms with Crippen LogP contribution in [0.1, 0.15) is 25.5 Å². The fourth-order valence-corrected chi connectivity index (χ4v) is 1.93. The minimum atomic E-state index is 0.126. The van der Waals surface area contributed by atoms with Gasteiger partial charge in [-0.2, -0.15) is 0 Å². The van der Waals surface area contributed by atoms with Crippen LogP contribution in [0.25, 0.3) is 0 Å². The zero-order chi connectivity index (χ0) is 12.0. The van der Waals surface area contributed by atoms with Crippen molar-refractivity contribution in [3.05, 3.63) is 30.1 Å². The van der Waals surface area contributed by atoms with E-state index in [9.17, 15) is 0 Å². The van der Waals surface area contributed by atoms with Crippen LogP contribution in [0.3, 0.4) is 0 Å². The molecule has 0 aromatic carbocycles. The summed E-state index contributed by atoms with van der Waals surface area (Å²) in [5.41, 5.74) is 6.93. The van der Waals surface area contributed by atoms with Crippen molar-refractivity contribution >= 4 is 0 Å². The first-order valence-corrected chi connectivity index (χ1v) is 5.67. The van der Waals surface area contributed by atoms with Crippen LogP contribution in [0.4, 0.5) is 0 Å². The van der Waals surface area contributed by atoms with Crippen LogP contribution in [-0.2, 0) is 0 Å². The van der Waals surface area contributed by atoms with Gasteiger partial charge in [0.05, 0.1) is 6.61 Å². The Bertz CT molecular complexity index is 290. The molecule has 0 aliphatic rings. The molecule has 0 aliphatic carbocycles. The molecule has 0 saturated heterocycles. The highest BCUT2D eigenvalue weighted by Crippen LogP contribution is 2.20. The molecule has 4 heteroatoms. The number of aromatic nitrogens is 1. The van der Waals surface area contributed by atoms with Crippen molar-refractivity contribution < 1.29 is 5.11 Å². The molecular formula is C12H21N3O. The van der Waals surface area contributed by atoms with Gasteiger partial charge in [-0.15, -0.1) is 0 Å². The van der Waals surface area contributed by atoms with Crippen molar-refractivity contribution in [2.75, 3.05) is 19.7 Å². The summed E-state index contributed by atoms with van der Waals surface area (Å²) >= 11 is 0. The molecule has 0 aliphatic heterocycles. The molecule has 4 nitrogen and oxygen atoms in total. The highest BCUT2D eigenvalue weighted by Gasteiger charge is 2.21. The van der Waals surface area contributed by atoms with Crippen LogP contribution in [-0.4, -0.2) is 40.7 Å². The van der Waals surface area contributed by atoms with E-state index in [0.29, 0.717) is 19.1 Å². The second-order valence-electron chi connectivity index (χ2n) is 4.09. The van der Waals surface area contributed by atoms with Crippen molar-refractivity contribution in [3.8, 4) is 0 Å². The molecule has 1 heterocycles. The second-order valence-corrected chi connectivity index (χ2v) is 4.09. The molecule has 0 fully saturated rings. The quantitative estimate of drug-likeness (QED) is 0.748.